The maximum Gasteiger partial charge on any atom is 0.332 e. The van der Waals surface area contributed by atoms with Gasteiger partial charge in [-0.05, 0) is 19.8 Å². The number of imidazole rings is 1. The third-order valence-electron chi connectivity index (χ3n) is 3.02. The highest BCUT2D eigenvalue weighted by molar-refractivity contribution is 5.75. The van der Waals surface area contributed by atoms with E-state index in [1.165, 1.54) is 6.92 Å². The molecule has 0 fully saturated rings. The molecule has 2 rings (SSSR count). The average Bonchev–Trinajstić information content (AvgIpc) is 2.90. The predicted molar refractivity (Wildman–Crippen MR) is 74.7 cm³/mol. The van der Waals surface area contributed by atoms with Crippen LogP contribution in [0.5, 0.6) is 0 Å². The van der Waals surface area contributed by atoms with Gasteiger partial charge < -0.3 is 9.36 Å². The van der Waals surface area contributed by atoms with E-state index in [1.807, 2.05) is 0 Å². The van der Waals surface area contributed by atoms with Gasteiger partial charge in [-0.25, -0.2) is 9.78 Å². The Kier molecular flexibility index (Phi) is 2.42. The molecule has 0 aliphatic heterocycles. The SMILES string of the molecule is [2H]C([2H])n1c(=O)n(CCCCC(C)=O)c(=O)c2c1ncn2C([2H])([2H])[2H]. The molecule has 20 heavy (non-hydrogen) atoms. The molecule has 0 aliphatic carbocycles. The molecule has 0 bridgehead atoms. The number of rotatable bonds is 5. The van der Waals surface area contributed by atoms with Crippen molar-refractivity contribution in [2.45, 2.75) is 32.7 Å². The zero-order valence-corrected chi connectivity index (χ0v) is 11.0. The number of fused-ring (bicyclic) bond motifs is 1. The Balaban J connectivity index is 2.63. The van der Waals surface area contributed by atoms with Gasteiger partial charge in [0.1, 0.15) is 5.78 Å². The van der Waals surface area contributed by atoms with Gasteiger partial charge in [0.05, 0.1) is 6.33 Å². The molecular formula is C13H18N4O3. The first-order valence-electron chi connectivity index (χ1n) is 8.78. The third-order valence-corrected chi connectivity index (χ3v) is 3.02. The first-order valence-corrected chi connectivity index (χ1v) is 6.12. The number of hydrogen-bond donors (Lipinski definition) is 0. The molecule has 7 nitrogen and oxygen atoms in total. The number of aromatic nitrogens is 4. The van der Waals surface area contributed by atoms with Crippen molar-refractivity contribution in [3.8, 4) is 0 Å². The van der Waals surface area contributed by atoms with E-state index in [0.717, 1.165) is 10.9 Å². The summed E-state index contributed by atoms with van der Waals surface area (Å²) in [6.07, 6.45) is 2.02. The van der Waals surface area contributed by atoms with Crippen LogP contribution in [0.3, 0.4) is 0 Å². The Bertz CT molecular complexity index is 909. The summed E-state index contributed by atoms with van der Waals surface area (Å²) in [6.45, 7) is -3.09. The van der Waals surface area contributed by atoms with Gasteiger partial charge in [0, 0.05) is 33.8 Å². The van der Waals surface area contributed by atoms with Gasteiger partial charge in [0.25, 0.3) is 5.56 Å². The van der Waals surface area contributed by atoms with Crippen LogP contribution < -0.4 is 11.2 Å². The van der Waals surface area contributed by atoms with E-state index in [0.29, 0.717) is 28.4 Å². The van der Waals surface area contributed by atoms with Crippen molar-refractivity contribution in [1.82, 2.24) is 18.7 Å². The monoisotopic (exact) mass is 283 g/mol. The number of nitrogens with zero attached hydrogens (tertiary/aromatic N) is 4. The summed E-state index contributed by atoms with van der Waals surface area (Å²) in [6, 6.07) is 0. The molecule has 0 aromatic carbocycles. The Hall–Kier alpha value is -2.18. The zero-order valence-electron chi connectivity index (χ0n) is 16.0. The molecule has 0 saturated heterocycles. The second-order valence-electron chi connectivity index (χ2n) is 4.56. The summed E-state index contributed by atoms with van der Waals surface area (Å²) < 4.78 is 39.6. The molecule has 2 heterocycles. The number of unbranched alkanes of at least 4 members (excludes halogenated alkanes) is 1. The second kappa shape index (κ2) is 5.44. The lowest BCUT2D eigenvalue weighted by Gasteiger charge is -2.08. The minimum absolute atomic E-state index is 0.0157. The minimum Gasteiger partial charge on any atom is -0.328 e. The van der Waals surface area contributed by atoms with Gasteiger partial charge in [-0.15, -0.1) is 0 Å². The van der Waals surface area contributed by atoms with Crippen molar-refractivity contribution in [3.63, 3.8) is 0 Å². The Morgan fingerprint density at radius 1 is 1.40 bits per heavy atom. The molecule has 0 unspecified atom stereocenters. The second-order valence-corrected chi connectivity index (χ2v) is 4.56. The molecule has 2 aromatic rings. The molecule has 0 aliphatic rings. The van der Waals surface area contributed by atoms with Crippen LogP contribution in [0.4, 0.5) is 0 Å². The van der Waals surface area contributed by atoms with Gasteiger partial charge in [-0.1, -0.05) is 0 Å². The predicted octanol–water partition coefficient (Wildman–Crippen LogP) is 0.193. The van der Waals surface area contributed by atoms with Crippen LogP contribution in [0, 0.1) is 0 Å². The number of Topliss-reactive ketones (excluding diaryl/α,β-unsaturated/α-hetero) is 1. The van der Waals surface area contributed by atoms with E-state index in [4.69, 9.17) is 6.85 Å². The molecular weight excluding hydrogens is 260 g/mol. The largest absolute Gasteiger partial charge is 0.332 e. The van der Waals surface area contributed by atoms with Crippen LogP contribution >= 0.6 is 0 Å². The number of carbonyl (C=O) groups excluding carboxylic acids is 1. The van der Waals surface area contributed by atoms with Gasteiger partial charge in [0.2, 0.25) is 0 Å². The van der Waals surface area contributed by atoms with Crippen molar-refractivity contribution < 1.29 is 11.6 Å². The van der Waals surface area contributed by atoms with E-state index >= 15 is 0 Å². The van der Waals surface area contributed by atoms with Crippen molar-refractivity contribution in [1.29, 1.82) is 0 Å². The van der Waals surface area contributed by atoms with Crippen LogP contribution in [0.25, 0.3) is 11.2 Å². The molecule has 0 amide bonds. The third kappa shape index (κ3) is 2.43. The molecule has 0 atom stereocenters. The molecule has 0 radical (unpaired) electrons. The van der Waals surface area contributed by atoms with Crippen molar-refractivity contribution in [2.75, 3.05) is 0 Å². The highest BCUT2D eigenvalue weighted by Crippen LogP contribution is 2.04. The summed E-state index contributed by atoms with van der Waals surface area (Å²) in [7, 11) is 0. The lowest BCUT2D eigenvalue weighted by molar-refractivity contribution is -0.117. The van der Waals surface area contributed by atoms with Gasteiger partial charge in [0.15, 0.2) is 11.2 Å². The Morgan fingerprint density at radius 2 is 2.20 bits per heavy atom. The minimum atomic E-state index is -2.69. The summed E-state index contributed by atoms with van der Waals surface area (Å²) in [4.78, 5) is 39.8. The van der Waals surface area contributed by atoms with Crippen molar-refractivity contribution >= 4 is 16.9 Å². The smallest absolute Gasteiger partial charge is 0.328 e. The van der Waals surface area contributed by atoms with E-state index in [1.54, 1.807) is 0 Å². The summed E-state index contributed by atoms with van der Waals surface area (Å²) >= 11 is 0. The Morgan fingerprint density at radius 3 is 2.85 bits per heavy atom. The van der Waals surface area contributed by atoms with Gasteiger partial charge in [-0.2, -0.15) is 0 Å². The van der Waals surface area contributed by atoms with E-state index < -0.39 is 25.2 Å². The summed E-state index contributed by atoms with van der Waals surface area (Å²) in [5.41, 5.74) is -2.39. The lowest BCUT2D eigenvalue weighted by Crippen LogP contribution is -2.39. The number of aryl methyl sites for hydroxylation is 2. The molecule has 7 heteroatoms. The van der Waals surface area contributed by atoms with E-state index in [-0.39, 0.29) is 23.5 Å². The zero-order chi connectivity index (χ0) is 18.9. The molecule has 0 saturated carbocycles. The number of ketones is 1. The van der Waals surface area contributed by atoms with Crippen LogP contribution in [0.1, 0.15) is 33.0 Å². The average molecular weight is 283 g/mol. The molecule has 108 valence electrons. The molecule has 0 spiro atoms. The lowest BCUT2D eigenvalue weighted by atomic mass is 10.2. The van der Waals surface area contributed by atoms with Crippen LogP contribution in [0.15, 0.2) is 15.9 Å². The van der Waals surface area contributed by atoms with Gasteiger partial charge >= 0.3 is 5.69 Å². The van der Waals surface area contributed by atoms with Crippen LogP contribution in [-0.4, -0.2) is 24.5 Å². The normalized spacial score (nSPS) is 15.6. The van der Waals surface area contributed by atoms with Crippen LogP contribution in [0.2, 0.25) is 0 Å². The standard InChI is InChI=1S/C13H18N4O3/c1-9(18)6-4-5-7-17-12(19)10-11(14-8-15(10)2)16(3)13(17)20/h8H,4-7H2,1-3H3/i2D3,3D2. The fraction of sp³-hybridized carbons (Fsp3) is 0.538. The Labute approximate surface area is 122 Å². The summed E-state index contributed by atoms with van der Waals surface area (Å²) in [5, 5.41) is 0. The van der Waals surface area contributed by atoms with E-state index in [2.05, 4.69) is 4.98 Å². The topological polar surface area (TPSA) is 78.9 Å². The number of carbonyl (C=O) groups is 1. The molecule has 2 aromatic heterocycles. The summed E-state index contributed by atoms with van der Waals surface area (Å²) in [5.74, 6) is -0.0157. The first kappa shape index (κ1) is 8.89. The number of hydrogen-bond acceptors (Lipinski definition) is 4. The highest BCUT2D eigenvalue weighted by atomic mass is 16.2. The highest BCUT2D eigenvalue weighted by Gasteiger charge is 2.14. The van der Waals surface area contributed by atoms with Crippen molar-refractivity contribution in [3.05, 3.63) is 27.2 Å². The van der Waals surface area contributed by atoms with E-state index in [9.17, 15) is 14.4 Å². The first-order chi connectivity index (χ1) is 11.6. The fourth-order valence-corrected chi connectivity index (χ4v) is 1.99. The van der Waals surface area contributed by atoms with Crippen molar-refractivity contribution in [2.24, 2.45) is 14.0 Å². The molecule has 0 N–H and O–H groups in total. The maximum absolute atomic E-state index is 12.6. The van der Waals surface area contributed by atoms with Gasteiger partial charge in [-0.3, -0.25) is 13.9 Å². The quantitative estimate of drug-likeness (QED) is 0.734. The van der Waals surface area contributed by atoms with Crippen LogP contribution in [-0.2, 0) is 25.3 Å². The fourth-order valence-electron chi connectivity index (χ4n) is 1.99. The maximum atomic E-state index is 12.6.